The summed E-state index contributed by atoms with van der Waals surface area (Å²) < 4.78 is 3.68. The summed E-state index contributed by atoms with van der Waals surface area (Å²) in [5.74, 6) is 0.761. The Labute approximate surface area is 169 Å². The summed E-state index contributed by atoms with van der Waals surface area (Å²) in [6.45, 7) is 0. The topological polar surface area (TPSA) is 60.7 Å². The first-order valence-corrected chi connectivity index (χ1v) is 12.0. The normalized spacial score (nSPS) is 9.88. The van der Waals surface area contributed by atoms with Gasteiger partial charge in [-0.05, 0) is 0 Å². The standard InChI is InChI=1S/3C6H5O.Bi.2BrH/c3*7-6-4-2-1-3-5-6;;;/h3*2-5,7H;;2*1H/p-2. The van der Waals surface area contributed by atoms with Gasteiger partial charge in [-0.1, -0.05) is 0 Å². The molecule has 0 saturated carbocycles. The van der Waals surface area contributed by atoms with Gasteiger partial charge in [0.15, 0.2) is 0 Å². The van der Waals surface area contributed by atoms with Gasteiger partial charge in [-0.15, -0.1) is 0 Å². The van der Waals surface area contributed by atoms with Gasteiger partial charge in [-0.3, -0.25) is 0 Å². The zero-order valence-electron chi connectivity index (χ0n) is 12.5. The van der Waals surface area contributed by atoms with E-state index in [0.29, 0.717) is 0 Å². The average molecular weight is 648 g/mol. The molecule has 0 fully saturated rings. The smallest absolute Gasteiger partial charge is 1.00 e. The second-order valence-corrected chi connectivity index (χ2v) is 13.5. The molecule has 0 aliphatic carbocycles. The van der Waals surface area contributed by atoms with E-state index in [1.165, 1.54) is 9.81 Å². The summed E-state index contributed by atoms with van der Waals surface area (Å²) in [5.41, 5.74) is 0. The van der Waals surface area contributed by atoms with Gasteiger partial charge in [0.25, 0.3) is 0 Å². The molecule has 3 aromatic rings. The van der Waals surface area contributed by atoms with E-state index >= 15 is 0 Å². The zero-order valence-corrected chi connectivity index (χ0v) is 19.1. The van der Waals surface area contributed by atoms with Gasteiger partial charge in [-0.2, -0.15) is 0 Å². The molecule has 3 N–H and O–H groups in total. The van der Waals surface area contributed by atoms with E-state index in [0.717, 1.165) is 0 Å². The molecule has 0 bridgehead atoms. The molecule has 0 unspecified atom stereocenters. The van der Waals surface area contributed by atoms with E-state index < -0.39 is 21.8 Å². The van der Waals surface area contributed by atoms with E-state index in [4.69, 9.17) is 0 Å². The van der Waals surface area contributed by atoms with Gasteiger partial charge in [0.1, 0.15) is 0 Å². The summed E-state index contributed by atoms with van der Waals surface area (Å²) in [6, 6.07) is 22.0. The molecule has 0 aromatic heterocycles. The van der Waals surface area contributed by atoms with Crippen LogP contribution >= 0.6 is 0 Å². The molecule has 6 heteroatoms. The average Bonchev–Trinajstić information content (AvgIpc) is 2.53. The van der Waals surface area contributed by atoms with Crippen LogP contribution in [0.3, 0.4) is 0 Å². The van der Waals surface area contributed by atoms with Crippen molar-refractivity contribution in [2.45, 2.75) is 0 Å². The van der Waals surface area contributed by atoms with Crippen LogP contribution < -0.4 is 43.8 Å². The number of phenols is 3. The Kier molecular flexibility index (Phi) is 8.21. The molecule has 0 saturated heterocycles. The summed E-state index contributed by atoms with van der Waals surface area (Å²) in [7, 11) is 0. The number of phenolic OH excluding ortho intramolecular Hbond substituents is 3. The van der Waals surface area contributed by atoms with Gasteiger partial charge < -0.3 is 34.0 Å². The minimum Gasteiger partial charge on any atom is -1.00 e. The van der Waals surface area contributed by atoms with Crippen molar-refractivity contribution in [2.75, 3.05) is 0 Å². The first-order chi connectivity index (χ1) is 10.6. The molecular weight excluding hydrogens is 633 g/mol. The molecule has 0 aliphatic rings. The summed E-state index contributed by atoms with van der Waals surface area (Å²) >= 11 is -2.48. The van der Waals surface area contributed by atoms with Crippen LogP contribution in [0.4, 0.5) is 0 Å². The van der Waals surface area contributed by atoms with Crippen molar-refractivity contribution in [1.82, 2.24) is 0 Å². The first-order valence-electron chi connectivity index (χ1n) is 6.81. The maximum Gasteiger partial charge on any atom is -1.00 e. The molecular formula is C18H15BiBr2O3-2. The van der Waals surface area contributed by atoms with E-state index in [1.54, 1.807) is 36.4 Å². The van der Waals surface area contributed by atoms with Crippen LogP contribution in [0.15, 0.2) is 72.8 Å². The monoisotopic (exact) mass is 646 g/mol. The van der Waals surface area contributed by atoms with Gasteiger partial charge >= 0.3 is 137 Å². The number of rotatable bonds is 3. The minimum absolute atomic E-state index is 0. The molecule has 0 atom stereocenters. The number of aromatic hydroxyl groups is 3. The van der Waals surface area contributed by atoms with Crippen molar-refractivity contribution in [3.05, 3.63) is 72.8 Å². The third-order valence-corrected chi connectivity index (χ3v) is 12.8. The van der Waals surface area contributed by atoms with Crippen molar-refractivity contribution in [1.29, 1.82) is 0 Å². The Balaban J connectivity index is 0.00000144. The van der Waals surface area contributed by atoms with Gasteiger partial charge in [0.05, 0.1) is 0 Å². The van der Waals surface area contributed by atoms with Crippen LogP contribution in [0.25, 0.3) is 0 Å². The van der Waals surface area contributed by atoms with Gasteiger partial charge in [0, 0.05) is 0 Å². The van der Waals surface area contributed by atoms with E-state index in [1.807, 2.05) is 36.4 Å². The first kappa shape index (κ1) is 20.9. The van der Waals surface area contributed by atoms with E-state index in [9.17, 15) is 15.3 Å². The molecule has 0 spiro atoms. The van der Waals surface area contributed by atoms with Crippen molar-refractivity contribution < 1.29 is 49.3 Å². The molecule has 0 amide bonds. The van der Waals surface area contributed by atoms with Gasteiger partial charge in [-0.25, -0.2) is 0 Å². The molecule has 3 aromatic carbocycles. The maximum atomic E-state index is 9.51. The molecule has 0 heterocycles. The van der Waals surface area contributed by atoms with E-state index in [-0.39, 0.29) is 51.2 Å². The van der Waals surface area contributed by atoms with Crippen LogP contribution in [0, 0.1) is 0 Å². The van der Waals surface area contributed by atoms with Crippen LogP contribution in [0.5, 0.6) is 17.2 Å². The zero-order chi connectivity index (χ0) is 15.5. The predicted molar refractivity (Wildman–Crippen MR) is 89.0 cm³/mol. The predicted octanol–water partition coefficient (Wildman–Crippen LogP) is -4.67. The van der Waals surface area contributed by atoms with Crippen molar-refractivity contribution in [3.63, 3.8) is 0 Å². The Hall–Kier alpha value is -1.10. The van der Waals surface area contributed by atoms with Crippen LogP contribution in [-0.4, -0.2) is 37.1 Å². The maximum absolute atomic E-state index is 9.51. The SMILES string of the molecule is Oc1cc[c]([Bi]([c]2ccc(O)cc2)[c]2ccc(O)cc2)cc1.[Br-].[Br-]. The molecule has 24 heavy (non-hydrogen) atoms. The Morgan fingerprint density at radius 3 is 0.833 bits per heavy atom. The van der Waals surface area contributed by atoms with Crippen molar-refractivity contribution in [2.24, 2.45) is 0 Å². The van der Waals surface area contributed by atoms with E-state index in [2.05, 4.69) is 0 Å². The minimum atomic E-state index is -2.48. The second-order valence-electron chi connectivity index (χ2n) is 4.88. The quantitative estimate of drug-likeness (QED) is 0.251. The fraction of sp³-hybridized carbons (Fsp3) is 0. The Bertz CT molecular complexity index is 652. The Morgan fingerprint density at radius 2 is 0.625 bits per heavy atom. The number of benzene rings is 3. The van der Waals surface area contributed by atoms with Crippen LogP contribution in [0.2, 0.25) is 0 Å². The Morgan fingerprint density at radius 1 is 0.417 bits per heavy atom. The third kappa shape index (κ3) is 4.95. The second kappa shape index (κ2) is 9.40. The van der Waals surface area contributed by atoms with Crippen molar-refractivity contribution >= 4 is 31.6 Å². The molecule has 126 valence electrons. The fourth-order valence-electron chi connectivity index (χ4n) is 2.25. The number of halogens is 2. The fourth-order valence-corrected chi connectivity index (χ4v) is 10.9. The summed E-state index contributed by atoms with van der Waals surface area (Å²) in [5, 5.41) is 28.5. The molecule has 0 radical (unpaired) electrons. The summed E-state index contributed by atoms with van der Waals surface area (Å²) in [6.07, 6.45) is 0. The van der Waals surface area contributed by atoms with Crippen LogP contribution in [0.1, 0.15) is 0 Å². The van der Waals surface area contributed by atoms with Crippen LogP contribution in [-0.2, 0) is 0 Å². The third-order valence-electron chi connectivity index (χ3n) is 3.32. The number of hydrogen-bond donors (Lipinski definition) is 3. The van der Waals surface area contributed by atoms with Gasteiger partial charge in [0.2, 0.25) is 0 Å². The molecule has 0 aliphatic heterocycles. The molecule has 3 nitrogen and oxygen atoms in total. The van der Waals surface area contributed by atoms with Crippen molar-refractivity contribution in [3.8, 4) is 17.2 Å². The largest absolute Gasteiger partial charge is 1.00 e. The summed E-state index contributed by atoms with van der Waals surface area (Å²) in [4.78, 5) is 0. The number of hydrogen-bond acceptors (Lipinski definition) is 3. The molecule has 3 rings (SSSR count).